The molecule has 0 spiro atoms. The summed E-state index contributed by atoms with van der Waals surface area (Å²) in [6.07, 6.45) is 3.25. The number of nitriles is 1. The standard InChI is InChI=1S/C12H9N3/c13-8-10-6-7-14-9-12(10)15-11-4-2-1-3-5-11/h1-7,9,15H. The van der Waals surface area contributed by atoms with E-state index in [9.17, 15) is 0 Å². The highest BCUT2D eigenvalue weighted by Gasteiger charge is 2.00. The molecular weight excluding hydrogens is 186 g/mol. The van der Waals surface area contributed by atoms with Crippen molar-refractivity contribution in [1.29, 1.82) is 5.26 Å². The maximum atomic E-state index is 8.88. The summed E-state index contributed by atoms with van der Waals surface area (Å²) < 4.78 is 0. The molecule has 3 nitrogen and oxygen atoms in total. The second-order valence-corrected chi connectivity index (χ2v) is 3.02. The van der Waals surface area contributed by atoms with E-state index in [4.69, 9.17) is 5.26 Å². The number of nitrogens with zero attached hydrogens (tertiary/aromatic N) is 2. The van der Waals surface area contributed by atoms with Gasteiger partial charge in [-0.3, -0.25) is 4.98 Å². The zero-order valence-corrected chi connectivity index (χ0v) is 8.01. The number of benzene rings is 1. The van der Waals surface area contributed by atoms with Crippen molar-refractivity contribution in [2.45, 2.75) is 0 Å². The summed E-state index contributed by atoms with van der Waals surface area (Å²) >= 11 is 0. The molecule has 1 aromatic heterocycles. The van der Waals surface area contributed by atoms with E-state index in [1.165, 1.54) is 0 Å². The van der Waals surface area contributed by atoms with E-state index < -0.39 is 0 Å². The van der Waals surface area contributed by atoms with E-state index >= 15 is 0 Å². The smallest absolute Gasteiger partial charge is 0.101 e. The van der Waals surface area contributed by atoms with Gasteiger partial charge in [-0.05, 0) is 18.2 Å². The molecule has 0 amide bonds. The average molecular weight is 195 g/mol. The van der Waals surface area contributed by atoms with E-state index in [0.29, 0.717) is 5.56 Å². The molecule has 0 aliphatic carbocycles. The van der Waals surface area contributed by atoms with Gasteiger partial charge in [0.05, 0.1) is 17.4 Å². The summed E-state index contributed by atoms with van der Waals surface area (Å²) in [6.45, 7) is 0. The van der Waals surface area contributed by atoms with Crippen LogP contribution in [0.3, 0.4) is 0 Å². The third-order valence-electron chi connectivity index (χ3n) is 1.99. The molecule has 2 rings (SSSR count). The molecule has 0 aliphatic heterocycles. The highest BCUT2D eigenvalue weighted by molar-refractivity contribution is 5.65. The monoisotopic (exact) mass is 195 g/mol. The lowest BCUT2D eigenvalue weighted by atomic mass is 10.2. The Balaban J connectivity index is 2.29. The molecule has 72 valence electrons. The highest BCUT2D eigenvalue weighted by Crippen LogP contribution is 2.18. The average Bonchev–Trinajstić information content (AvgIpc) is 2.31. The maximum absolute atomic E-state index is 8.88. The molecule has 0 fully saturated rings. The van der Waals surface area contributed by atoms with Gasteiger partial charge >= 0.3 is 0 Å². The van der Waals surface area contributed by atoms with Gasteiger partial charge in [0.25, 0.3) is 0 Å². The van der Waals surface area contributed by atoms with Crippen LogP contribution in [0.5, 0.6) is 0 Å². The third kappa shape index (κ3) is 2.12. The van der Waals surface area contributed by atoms with Crippen molar-refractivity contribution in [3.05, 3.63) is 54.4 Å². The first kappa shape index (κ1) is 9.22. The minimum absolute atomic E-state index is 0.592. The van der Waals surface area contributed by atoms with Crippen LogP contribution in [-0.2, 0) is 0 Å². The molecule has 3 heteroatoms. The number of pyridine rings is 1. The summed E-state index contributed by atoms with van der Waals surface area (Å²) in [5.74, 6) is 0. The predicted molar refractivity (Wildman–Crippen MR) is 58.7 cm³/mol. The Hall–Kier alpha value is -2.34. The number of nitrogens with one attached hydrogen (secondary N) is 1. The van der Waals surface area contributed by atoms with Gasteiger partial charge in [0.15, 0.2) is 0 Å². The lowest BCUT2D eigenvalue weighted by Gasteiger charge is -2.06. The van der Waals surface area contributed by atoms with Gasteiger partial charge < -0.3 is 5.32 Å². The molecule has 2 aromatic rings. The molecule has 1 N–H and O–H groups in total. The number of hydrogen-bond acceptors (Lipinski definition) is 3. The van der Waals surface area contributed by atoms with Gasteiger partial charge in [-0.2, -0.15) is 5.26 Å². The summed E-state index contributed by atoms with van der Waals surface area (Å²) in [5.41, 5.74) is 2.27. The minimum Gasteiger partial charge on any atom is -0.353 e. The van der Waals surface area contributed by atoms with E-state index in [0.717, 1.165) is 11.4 Å². The quantitative estimate of drug-likeness (QED) is 0.801. The predicted octanol–water partition coefficient (Wildman–Crippen LogP) is 2.70. The molecule has 0 atom stereocenters. The van der Waals surface area contributed by atoms with Crippen LogP contribution in [0.2, 0.25) is 0 Å². The van der Waals surface area contributed by atoms with Gasteiger partial charge in [-0.1, -0.05) is 18.2 Å². The first-order valence-electron chi connectivity index (χ1n) is 4.56. The Bertz CT molecular complexity index is 486. The summed E-state index contributed by atoms with van der Waals surface area (Å²) in [5, 5.41) is 12.0. The van der Waals surface area contributed by atoms with Crippen LogP contribution in [0.4, 0.5) is 11.4 Å². The first-order chi connectivity index (χ1) is 7.40. The topological polar surface area (TPSA) is 48.7 Å². The van der Waals surface area contributed by atoms with E-state index in [1.807, 2.05) is 30.3 Å². The van der Waals surface area contributed by atoms with Crippen molar-refractivity contribution in [3.63, 3.8) is 0 Å². The largest absolute Gasteiger partial charge is 0.353 e. The summed E-state index contributed by atoms with van der Waals surface area (Å²) in [4.78, 5) is 3.98. The SMILES string of the molecule is N#Cc1ccncc1Nc1ccccc1. The lowest BCUT2D eigenvalue weighted by molar-refractivity contribution is 1.30. The van der Waals surface area contributed by atoms with Gasteiger partial charge in [-0.15, -0.1) is 0 Å². The molecule has 0 aliphatic rings. The first-order valence-corrected chi connectivity index (χ1v) is 4.56. The lowest BCUT2D eigenvalue weighted by Crippen LogP contribution is -1.93. The van der Waals surface area contributed by atoms with Crippen molar-refractivity contribution in [2.24, 2.45) is 0 Å². The molecule has 0 saturated heterocycles. The van der Waals surface area contributed by atoms with Crippen molar-refractivity contribution >= 4 is 11.4 Å². The van der Waals surface area contributed by atoms with Gasteiger partial charge in [0.2, 0.25) is 0 Å². The van der Waals surface area contributed by atoms with E-state index in [-0.39, 0.29) is 0 Å². The van der Waals surface area contributed by atoms with Gasteiger partial charge in [0.1, 0.15) is 6.07 Å². The fraction of sp³-hybridized carbons (Fsp3) is 0. The normalized spacial score (nSPS) is 9.27. The van der Waals surface area contributed by atoms with Crippen LogP contribution in [0.1, 0.15) is 5.56 Å². The van der Waals surface area contributed by atoms with Crippen molar-refractivity contribution in [1.82, 2.24) is 4.98 Å². The minimum atomic E-state index is 0.592. The van der Waals surface area contributed by atoms with Crippen molar-refractivity contribution in [2.75, 3.05) is 5.32 Å². The van der Waals surface area contributed by atoms with Gasteiger partial charge in [-0.25, -0.2) is 0 Å². The van der Waals surface area contributed by atoms with Crippen LogP contribution in [0.15, 0.2) is 48.8 Å². The maximum Gasteiger partial charge on any atom is 0.101 e. The van der Waals surface area contributed by atoms with Crippen molar-refractivity contribution < 1.29 is 0 Å². The van der Waals surface area contributed by atoms with Crippen LogP contribution < -0.4 is 5.32 Å². The highest BCUT2D eigenvalue weighted by atomic mass is 14.9. The molecule has 15 heavy (non-hydrogen) atoms. The number of hydrogen-bond donors (Lipinski definition) is 1. The van der Waals surface area contributed by atoms with Crippen molar-refractivity contribution in [3.8, 4) is 6.07 Å². The number of rotatable bonds is 2. The Kier molecular flexibility index (Phi) is 2.61. The molecule has 0 unspecified atom stereocenters. The Labute approximate surface area is 88.0 Å². The van der Waals surface area contributed by atoms with Crippen LogP contribution in [-0.4, -0.2) is 4.98 Å². The zero-order chi connectivity index (χ0) is 10.5. The van der Waals surface area contributed by atoms with Gasteiger partial charge in [0, 0.05) is 11.9 Å². The Morgan fingerprint density at radius 3 is 2.67 bits per heavy atom. The summed E-state index contributed by atoms with van der Waals surface area (Å²) in [6, 6.07) is 13.5. The van der Waals surface area contributed by atoms with E-state index in [2.05, 4.69) is 16.4 Å². The zero-order valence-electron chi connectivity index (χ0n) is 8.01. The molecule has 1 aromatic carbocycles. The molecule has 1 heterocycles. The Morgan fingerprint density at radius 1 is 1.13 bits per heavy atom. The molecule has 0 bridgehead atoms. The second-order valence-electron chi connectivity index (χ2n) is 3.02. The third-order valence-corrected chi connectivity index (χ3v) is 1.99. The fourth-order valence-electron chi connectivity index (χ4n) is 1.27. The second kappa shape index (κ2) is 4.25. The molecular formula is C12H9N3. The molecule has 0 radical (unpaired) electrons. The summed E-state index contributed by atoms with van der Waals surface area (Å²) in [7, 11) is 0. The fourth-order valence-corrected chi connectivity index (χ4v) is 1.27. The number of aromatic nitrogens is 1. The van der Waals surface area contributed by atoms with Crippen LogP contribution in [0, 0.1) is 11.3 Å². The number of anilines is 2. The Morgan fingerprint density at radius 2 is 1.93 bits per heavy atom. The van der Waals surface area contributed by atoms with Crippen LogP contribution in [0.25, 0.3) is 0 Å². The van der Waals surface area contributed by atoms with E-state index in [1.54, 1.807) is 18.5 Å². The number of para-hydroxylation sites is 1. The molecule has 0 saturated carbocycles. The van der Waals surface area contributed by atoms with Crippen LogP contribution >= 0.6 is 0 Å².